The van der Waals surface area contributed by atoms with Crippen LogP contribution in [0.3, 0.4) is 0 Å². The highest BCUT2D eigenvalue weighted by Gasteiger charge is 2.18. The van der Waals surface area contributed by atoms with Crippen LogP contribution >= 0.6 is 12.4 Å². The van der Waals surface area contributed by atoms with E-state index in [4.69, 9.17) is 4.42 Å². The second-order valence-electron chi connectivity index (χ2n) is 5.81. The maximum absolute atomic E-state index is 12.2. The maximum Gasteiger partial charge on any atom is 0.236 e. The summed E-state index contributed by atoms with van der Waals surface area (Å²) in [6.45, 7) is 4.31. The van der Waals surface area contributed by atoms with Crippen LogP contribution in [0.25, 0.3) is 11.5 Å². The Bertz CT molecular complexity index is 641. The number of oxazole rings is 1. The highest BCUT2D eigenvalue weighted by Crippen LogP contribution is 2.18. The molecule has 1 aromatic carbocycles. The molecule has 1 N–H and O–H groups in total. The lowest BCUT2D eigenvalue weighted by molar-refractivity contribution is -0.132. The predicted octanol–water partition coefficient (Wildman–Crippen LogP) is 1.63. The zero-order chi connectivity index (χ0) is 16.1. The normalized spacial score (nSPS) is 14.5. The molecule has 0 saturated carbocycles. The van der Waals surface area contributed by atoms with Crippen LogP contribution in [0, 0.1) is 0 Å². The molecular weight excluding hydrogens is 328 g/mol. The fraction of sp³-hybridized carbons (Fsp3) is 0.412. The molecule has 0 unspecified atom stereocenters. The van der Waals surface area contributed by atoms with Crippen molar-refractivity contribution in [2.75, 3.05) is 39.8 Å². The van der Waals surface area contributed by atoms with Gasteiger partial charge in [0.05, 0.1) is 12.2 Å². The van der Waals surface area contributed by atoms with Gasteiger partial charge in [0.1, 0.15) is 6.26 Å². The number of piperazine rings is 1. The maximum atomic E-state index is 12.2. The summed E-state index contributed by atoms with van der Waals surface area (Å²) in [7, 11) is 1.93. The molecule has 1 fully saturated rings. The second kappa shape index (κ2) is 8.82. The van der Waals surface area contributed by atoms with E-state index in [0.717, 1.165) is 37.4 Å². The van der Waals surface area contributed by atoms with Gasteiger partial charge in [0.25, 0.3) is 0 Å². The van der Waals surface area contributed by atoms with Gasteiger partial charge in [-0.1, -0.05) is 18.2 Å². The first kappa shape index (κ1) is 18.4. The number of carbonyl (C=O) groups excluding carboxylic acids is 1. The van der Waals surface area contributed by atoms with Gasteiger partial charge in [-0.3, -0.25) is 9.69 Å². The first-order valence-corrected chi connectivity index (χ1v) is 7.89. The largest absolute Gasteiger partial charge is 0.444 e. The molecule has 0 bridgehead atoms. The first-order valence-electron chi connectivity index (χ1n) is 7.89. The number of likely N-dealkylation sites (N-methyl/N-ethyl adjacent to an activating group) is 1. The molecular formula is C17H23ClN4O2. The number of nitrogens with one attached hydrogen (secondary N) is 1. The molecule has 1 amide bonds. The van der Waals surface area contributed by atoms with Crippen LogP contribution in [0.4, 0.5) is 0 Å². The minimum atomic E-state index is 0. The number of carbonyl (C=O) groups is 1. The summed E-state index contributed by atoms with van der Waals surface area (Å²) in [5, 5.41) is 3.25. The monoisotopic (exact) mass is 350 g/mol. The van der Waals surface area contributed by atoms with E-state index in [2.05, 4.69) is 10.3 Å². The second-order valence-corrected chi connectivity index (χ2v) is 5.81. The van der Waals surface area contributed by atoms with Crippen LogP contribution in [0.2, 0.25) is 0 Å². The Hall–Kier alpha value is -1.89. The van der Waals surface area contributed by atoms with Gasteiger partial charge in [0.15, 0.2) is 0 Å². The molecule has 1 aliphatic rings. The van der Waals surface area contributed by atoms with Gasteiger partial charge >= 0.3 is 0 Å². The van der Waals surface area contributed by atoms with Crippen LogP contribution in [0.1, 0.15) is 5.69 Å². The van der Waals surface area contributed by atoms with E-state index in [0.29, 0.717) is 19.0 Å². The number of halogens is 1. The lowest BCUT2D eigenvalue weighted by Crippen LogP contribution is -2.49. The number of amides is 1. The summed E-state index contributed by atoms with van der Waals surface area (Å²) in [5.41, 5.74) is 1.79. The summed E-state index contributed by atoms with van der Waals surface area (Å²) < 4.78 is 5.53. The summed E-state index contributed by atoms with van der Waals surface area (Å²) in [5.74, 6) is 0.781. The zero-order valence-electron chi connectivity index (χ0n) is 13.8. The van der Waals surface area contributed by atoms with Gasteiger partial charge in [0, 0.05) is 38.3 Å². The molecule has 3 rings (SSSR count). The highest BCUT2D eigenvalue weighted by molar-refractivity contribution is 5.85. The molecule has 1 aliphatic heterocycles. The minimum Gasteiger partial charge on any atom is -0.444 e. The van der Waals surface area contributed by atoms with Crippen molar-refractivity contribution in [1.29, 1.82) is 0 Å². The van der Waals surface area contributed by atoms with Crippen molar-refractivity contribution in [1.82, 2.24) is 20.1 Å². The summed E-state index contributed by atoms with van der Waals surface area (Å²) in [4.78, 5) is 20.6. The molecule has 2 heterocycles. The quantitative estimate of drug-likeness (QED) is 0.888. The Balaban J connectivity index is 0.00000208. The Morgan fingerprint density at radius 3 is 2.71 bits per heavy atom. The minimum absolute atomic E-state index is 0. The van der Waals surface area contributed by atoms with Crippen LogP contribution in [-0.2, 0) is 11.3 Å². The van der Waals surface area contributed by atoms with Crippen molar-refractivity contribution >= 4 is 18.3 Å². The summed E-state index contributed by atoms with van der Waals surface area (Å²) in [6, 6.07) is 9.80. The molecule has 0 atom stereocenters. The Morgan fingerprint density at radius 2 is 2.00 bits per heavy atom. The summed E-state index contributed by atoms with van der Waals surface area (Å²) in [6.07, 6.45) is 1.66. The van der Waals surface area contributed by atoms with Gasteiger partial charge < -0.3 is 14.6 Å². The third-order valence-corrected chi connectivity index (χ3v) is 3.88. The van der Waals surface area contributed by atoms with Gasteiger partial charge in [-0.15, -0.1) is 12.4 Å². The van der Waals surface area contributed by atoms with Crippen molar-refractivity contribution in [3.63, 3.8) is 0 Å². The van der Waals surface area contributed by atoms with E-state index in [9.17, 15) is 4.79 Å². The van der Waals surface area contributed by atoms with Crippen molar-refractivity contribution in [3.8, 4) is 11.5 Å². The van der Waals surface area contributed by atoms with E-state index >= 15 is 0 Å². The lowest BCUT2D eigenvalue weighted by atomic mass is 10.2. The van der Waals surface area contributed by atoms with Crippen LogP contribution in [-0.4, -0.2) is 60.5 Å². The SMILES string of the molecule is CN(CC(=O)N1CCNCC1)Cc1coc(-c2ccccc2)n1.Cl. The van der Waals surface area contributed by atoms with E-state index in [-0.39, 0.29) is 18.3 Å². The molecule has 2 aromatic rings. The number of hydrogen-bond acceptors (Lipinski definition) is 5. The van der Waals surface area contributed by atoms with Crippen molar-refractivity contribution in [2.24, 2.45) is 0 Å². The fourth-order valence-electron chi connectivity index (χ4n) is 2.67. The molecule has 6 nitrogen and oxygen atoms in total. The van der Waals surface area contributed by atoms with Crippen LogP contribution < -0.4 is 5.32 Å². The number of aromatic nitrogens is 1. The third kappa shape index (κ3) is 4.80. The smallest absolute Gasteiger partial charge is 0.236 e. The molecule has 7 heteroatoms. The van der Waals surface area contributed by atoms with Crippen LogP contribution in [0.5, 0.6) is 0 Å². The molecule has 0 radical (unpaired) electrons. The predicted molar refractivity (Wildman–Crippen MR) is 95.0 cm³/mol. The average Bonchev–Trinajstić information content (AvgIpc) is 3.04. The number of rotatable bonds is 5. The molecule has 1 saturated heterocycles. The summed E-state index contributed by atoms with van der Waals surface area (Å²) >= 11 is 0. The Labute approximate surface area is 148 Å². The Morgan fingerprint density at radius 1 is 1.29 bits per heavy atom. The molecule has 1 aromatic heterocycles. The van der Waals surface area contributed by atoms with Crippen molar-refractivity contribution in [2.45, 2.75) is 6.54 Å². The molecule has 0 spiro atoms. The van der Waals surface area contributed by atoms with Gasteiger partial charge in [-0.2, -0.15) is 0 Å². The molecule has 0 aliphatic carbocycles. The third-order valence-electron chi connectivity index (χ3n) is 3.88. The Kier molecular flexibility index (Phi) is 6.78. The average molecular weight is 351 g/mol. The van der Waals surface area contributed by atoms with Gasteiger partial charge in [-0.05, 0) is 19.2 Å². The van der Waals surface area contributed by atoms with Crippen molar-refractivity contribution < 1.29 is 9.21 Å². The van der Waals surface area contributed by atoms with Gasteiger partial charge in [0.2, 0.25) is 11.8 Å². The first-order chi connectivity index (χ1) is 11.2. The van der Waals surface area contributed by atoms with E-state index in [1.165, 1.54) is 0 Å². The number of benzene rings is 1. The lowest BCUT2D eigenvalue weighted by Gasteiger charge is -2.29. The topological polar surface area (TPSA) is 61.6 Å². The molecule has 130 valence electrons. The van der Waals surface area contributed by atoms with Gasteiger partial charge in [-0.25, -0.2) is 4.98 Å². The number of hydrogen-bond donors (Lipinski definition) is 1. The highest BCUT2D eigenvalue weighted by atomic mass is 35.5. The van der Waals surface area contributed by atoms with E-state index in [1.54, 1.807) is 6.26 Å². The fourth-order valence-corrected chi connectivity index (χ4v) is 2.67. The zero-order valence-corrected chi connectivity index (χ0v) is 14.6. The van der Waals surface area contributed by atoms with Crippen LogP contribution in [0.15, 0.2) is 41.0 Å². The number of nitrogens with zero attached hydrogens (tertiary/aromatic N) is 3. The molecule has 24 heavy (non-hydrogen) atoms. The van der Waals surface area contributed by atoms with Crippen molar-refractivity contribution in [3.05, 3.63) is 42.3 Å². The van der Waals surface area contributed by atoms with E-state index < -0.39 is 0 Å². The standard InChI is InChI=1S/C17H22N4O2.ClH/c1-20(12-16(22)21-9-7-18-8-10-21)11-15-13-23-17(19-15)14-5-3-2-4-6-14;/h2-6,13,18H,7-12H2,1H3;1H. The van der Waals surface area contributed by atoms with E-state index in [1.807, 2.05) is 47.2 Å².